The van der Waals surface area contributed by atoms with Crippen LogP contribution in [-0.4, -0.2) is 44.7 Å². The Morgan fingerprint density at radius 1 is 0.903 bits per heavy atom. The van der Waals surface area contributed by atoms with Crippen LogP contribution in [0.15, 0.2) is 30.3 Å². The molecule has 31 heavy (non-hydrogen) atoms. The Kier molecular flexibility index (Phi) is 4.46. The fourth-order valence-corrected chi connectivity index (χ4v) is 6.23. The van der Waals surface area contributed by atoms with Crippen molar-refractivity contribution in [2.24, 2.45) is 5.92 Å². The number of hydrogen-bond donors (Lipinski definition) is 0. The number of hydrogen-bond acceptors (Lipinski definition) is 6. The molecule has 3 heterocycles. The van der Waals surface area contributed by atoms with E-state index in [4.69, 9.17) is 23.7 Å². The van der Waals surface area contributed by atoms with Gasteiger partial charge in [-0.25, -0.2) is 0 Å². The van der Waals surface area contributed by atoms with E-state index in [9.17, 15) is 0 Å². The first-order chi connectivity index (χ1) is 15.2. The highest BCUT2D eigenvalue weighted by atomic mass is 16.7. The summed E-state index contributed by atoms with van der Waals surface area (Å²) in [7, 11) is 3.43. The number of fused-ring (bicyclic) bond motifs is 3. The van der Waals surface area contributed by atoms with Gasteiger partial charge in [0, 0.05) is 54.6 Å². The molecule has 3 unspecified atom stereocenters. The van der Waals surface area contributed by atoms with E-state index in [0.29, 0.717) is 5.92 Å². The van der Waals surface area contributed by atoms with Gasteiger partial charge < -0.3 is 23.7 Å². The van der Waals surface area contributed by atoms with E-state index in [2.05, 4.69) is 17.0 Å². The lowest BCUT2D eigenvalue weighted by Crippen LogP contribution is -2.58. The van der Waals surface area contributed by atoms with Gasteiger partial charge in [-0.15, -0.1) is 0 Å². The molecule has 0 spiro atoms. The van der Waals surface area contributed by atoms with Crippen LogP contribution in [0, 0.1) is 5.92 Å². The monoisotopic (exact) mass is 423 g/mol. The van der Waals surface area contributed by atoms with Crippen molar-refractivity contribution in [3.05, 3.63) is 41.5 Å². The van der Waals surface area contributed by atoms with Gasteiger partial charge >= 0.3 is 0 Å². The summed E-state index contributed by atoms with van der Waals surface area (Å²) in [5.74, 6) is 4.65. The van der Waals surface area contributed by atoms with Gasteiger partial charge in [0.25, 0.3) is 0 Å². The molecule has 6 rings (SSSR count). The van der Waals surface area contributed by atoms with Crippen LogP contribution in [0.5, 0.6) is 28.7 Å². The fraction of sp³-hybridized carbons (Fsp3) is 0.520. The highest BCUT2D eigenvalue weighted by Crippen LogP contribution is 2.59. The van der Waals surface area contributed by atoms with Crippen molar-refractivity contribution in [2.75, 3.05) is 34.1 Å². The molecule has 0 N–H and O–H groups in total. The third kappa shape index (κ3) is 2.80. The molecule has 6 heteroatoms. The lowest BCUT2D eigenvalue weighted by molar-refractivity contribution is -0.117. The number of methoxy groups -OCH3 is 2. The molecule has 2 aromatic rings. The number of nitrogens with zero attached hydrogens (tertiary/aromatic N) is 1. The maximum Gasteiger partial charge on any atom is 0.231 e. The topological polar surface area (TPSA) is 49.4 Å². The first-order valence-electron chi connectivity index (χ1n) is 11.3. The van der Waals surface area contributed by atoms with Crippen LogP contribution in [0.4, 0.5) is 0 Å². The zero-order valence-electron chi connectivity index (χ0n) is 18.2. The van der Waals surface area contributed by atoms with Crippen LogP contribution in [0.25, 0.3) is 0 Å². The zero-order chi connectivity index (χ0) is 21.0. The number of benzene rings is 2. The van der Waals surface area contributed by atoms with Crippen LogP contribution in [-0.2, 0) is 0 Å². The third-order valence-corrected chi connectivity index (χ3v) is 7.58. The van der Waals surface area contributed by atoms with E-state index in [0.717, 1.165) is 66.7 Å². The summed E-state index contributed by atoms with van der Waals surface area (Å²) in [5, 5.41) is 0. The molecule has 164 valence electrons. The molecule has 2 fully saturated rings. The average molecular weight is 424 g/mol. The average Bonchev–Trinajstić information content (AvgIpc) is 3.56. The van der Waals surface area contributed by atoms with Gasteiger partial charge in [-0.05, 0) is 37.8 Å². The number of rotatable bonds is 4. The Bertz CT molecular complexity index is 1000. The molecule has 1 saturated carbocycles. The summed E-state index contributed by atoms with van der Waals surface area (Å²) >= 11 is 0. The van der Waals surface area contributed by atoms with Crippen molar-refractivity contribution in [3.63, 3.8) is 0 Å². The summed E-state index contributed by atoms with van der Waals surface area (Å²) in [4.78, 5) is 2.60. The summed E-state index contributed by atoms with van der Waals surface area (Å²) < 4.78 is 29.7. The smallest absolute Gasteiger partial charge is 0.231 e. The molecular formula is C25H29NO5. The van der Waals surface area contributed by atoms with E-state index in [1.165, 1.54) is 18.4 Å². The molecule has 0 radical (unpaired) electrons. The van der Waals surface area contributed by atoms with Gasteiger partial charge in [0.2, 0.25) is 6.79 Å². The maximum absolute atomic E-state index is 6.95. The molecule has 0 amide bonds. The summed E-state index contributed by atoms with van der Waals surface area (Å²) in [6.07, 6.45) is 5.83. The molecule has 0 aromatic heterocycles. The van der Waals surface area contributed by atoms with Crippen molar-refractivity contribution < 1.29 is 23.7 Å². The maximum atomic E-state index is 6.95. The number of likely N-dealkylation sites (tertiary alicyclic amines) is 1. The molecule has 0 bridgehead atoms. The SMILES string of the molecule is COc1ccc(C2c3cc4c(cc3OC3(N5CCCC5)CCCC23)OCO4)c(OC)c1. The largest absolute Gasteiger partial charge is 0.497 e. The van der Waals surface area contributed by atoms with Crippen LogP contribution < -0.4 is 23.7 Å². The highest BCUT2D eigenvalue weighted by Gasteiger charge is 2.57. The first kappa shape index (κ1) is 19.1. The van der Waals surface area contributed by atoms with Crippen LogP contribution in [0.2, 0.25) is 0 Å². The Hall–Kier alpha value is -2.60. The van der Waals surface area contributed by atoms with Gasteiger partial charge in [0.1, 0.15) is 17.2 Å². The van der Waals surface area contributed by atoms with E-state index >= 15 is 0 Å². The molecule has 3 aliphatic heterocycles. The molecule has 3 atom stereocenters. The lowest BCUT2D eigenvalue weighted by atomic mass is 9.73. The van der Waals surface area contributed by atoms with Gasteiger partial charge in [0.15, 0.2) is 17.2 Å². The quantitative estimate of drug-likeness (QED) is 0.719. The zero-order valence-corrected chi connectivity index (χ0v) is 18.2. The predicted molar refractivity (Wildman–Crippen MR) is 115 cm³/mol. The van der Waals surface area contributed by atoms with Crippen molar-refractivity contribution >= 4 is 0 Å². The van der Waals surface area contributed by atoms with Crippen molar-refractivity contribution in [1.29, 1.82) is 0 Å². The van der Waals surface area contributed by atoms with E-state index in [-0.39, 0.29) is 18.4 Å². The number of ether oxygens (including phenoxy) is 5. The Balaban J connectivity index is 1.55. The van der Waals surface area contributed by atoms with Gasteiger partial charge in [0.05, 0.1) is 14.2 Å². The fourth-order valence-electron chi connectivity index (χ4n) is 6.23. The van der Waals surface area contributed by atoms with E-state index < -0.39 is 0 Å². The van der Waals surface area contributed by atoms with Gasteiger partial charge in [-0.1, -0.05) is 6.07 Å². The standard InChI is InChI=1S/C25H29NO5/c1-27-16-7-8-17(20(12-16)28-2)24-18-13-22-23(30-15-29-22)14-21(18)31-25(9-5-6-19(24)25)26-10-3-4-11-26/h7-8,12-14,19,24H,3-6,9-11,15H2,1-2H3. The molecule has 6 nitrogen and oxygen atoms in total. The summed E-state index contributed by atoms with van der Waals surface area (Å²) in [6.45, 7) is 2.46. The Morgan fingerprint density at radius 3 is 2.48 bits per heavy atom. The minimum Gasteiger partial charge on any atom is -0.497 e. The molecule has 2 aromatic carbocycles. The second-order valence-electron chi connectivity index (χ2n) is 8.97. The molecule has 4 aliphatic rings. The van der Waals surface area contributed by atoms with Crippen LogP contribution >= 0.6 is 0 Å². The van der Waals surface area contributed by atoms with Crippen LogP contribution in [0.1, 0.15) is 49.1 Å². The third-order valence-electron chi connectivity index (χ3n) is 7.58. The van der Waals surface area contributed by atoms with Crippen LogP contribution in [0.3, 0.4) is 0 Å². The summed E-state index contributed by atoms with van der Waals surface area (Å²) in [6, 6.07) is 10.3. The second-order valence-corrected chi connectivity index (χ2v) is 8.97. The normalized spacial score (nSPS) is 28.7. The second kappa shape index (κ2) is 7.23. The molecule has 1 aliphatic carbocycles. The first-order valence-corrected chi connectivity index (χ1v) is 11.3. The summed E-state index contributed by atoms with van der Waals surface area (Å²) in [5.41, 5.74) is 2.07. The molecular weight excluding hydrogens is 394 g/mol. The van der Waals surface area contributed by atoms with Gasteiger partial charge in [-0.3, -0.25) is 4.90 Å². The Morgan fingerprint density at radius 2 is 1.71 bits per heavy atom. The minimum atomic E-state index is -0.271. The van der Waals surface area contributed by atoms with E-state index in [1.54, 1.807) is 14.2 Å². The Labute approximate surface area is 183 Å². The van der Waals surface area contributed by atoms with E-state index in [1.807, 2.05) is 18.2 Å². The van der Waals surface area contributed by atoms with Crippen molar-refractivity contribution in [3.8, 4) is 28.7 Å². The van der Waals surface area contributed by atoms with Gasteiger partial charge in [-0.2, -0.15) is 0 Å². The van der Waals surface area contributed by atoms with Crippen molar-refractivity contribution in [1.82, 2.24) is 4.90 Å². The lowest BCUT2D eigenvalue weighted by Gasteiger charge is -2.50. The highest BCUT2D eigenvalue weighted by molar-refractivity contribution is 5.58. The minimum absolute atomic E-state index is 0.155. The molecule has 1 saturated heterocycles. The predicted octanol–water partition coefficient (Wildman–Crippen LogP) is 4.55. The van der Waals surface area contributed by atoms with Crippen molar-refractivity contribution in [2.45, 2.75) is 43.7 Å².